The Labute approximate surface area is 171 Å². The molecule has 0 spiro atoms. The smallest absolute Gasteiger partial charge is 0.263 e. The molecule has 0 saturated carbocycles. The van der Waals surface area contributed by atoms with Crippen LogP contribution < -0.4 is 16.2 Å². The Morgan fingerprint density at radius 2 is 1.85 bits per heavy atom. The Balaban J connectivity index is 0.00000182. The third-order valence-electron chi connectivity index (χ3n) is 4.70. The summed E-state index contributed by atoms with van der Waals surface area (Å²) in [5.74, 6) is 0.0944. The molecule has 1 amide bonds. The van der Waals surface area contributed by atoms with Crippen LogP contribution in [0.1, 0.15) is 45.9 Å². The number of carbonyl (C=O) groups is 1. The minimum atomic E-state index is -0.398. The molecule has 8 heteroatoms. The highest BCUT2D eigenvalue weighted by Crippen LogP contribution is 2.18. The van der Waals surface area contributed by atoms with Gasteiger partial charge in [0, 0.05) is 18.4 Å². The summed E-state index contributed by atoms with van der Waals surface area (Å²) in [7, 11) is 0. The monoisotopic (exact) mass is 412 g/mol. The highest BCUT2D eigenvalue weighted by atomic mass is 35.5. The lowest BCUT2D eigenvalue weighted by molar-refractivity contribution is 0.102. The number of nitrogens with zero attached hydrogens (tertiary/aromatic N) is 2. The van der Waals surface area contributed by atoms with Crippen molar-refractivity contribution in [1.29, 1.82) is 0 Å². The molecule has 0 aromatic carbocycles. The Morgan fingerprint density at radius 3 is 2.48 bits per heavy atom. The number of nitrogens with one attached hydrogen (secondary N) is 2. The zero-order chi connectivity index (χ0) is 18.0. The number of hydrogen-bond donors (Lipinski definition) is 2. The molecular formula is C19H26Cl2N4O2. The fourth-order valence-corrected chi connectivity index (χ4v) is 3.31. The maximum Gasteiger partial charge on any atom is 0.263 e. The normalized spacial score (nSPS) is 14.0. The highest BCUT2D eigenvalue weighted by molar-refractivity contribution is 6.04. The van der Waals surface area contributed by atoms with Crippen molar-refractivity contribution in [3.63, 3.8) is 0 Å². The van der Waals surface area contributed by atoms with Crippen LogP contribution in [0.2, 0.25) is 0 Å². The molecule has 2 aromatic rings. The Hall–Kier alpha value is -1.89. The summed E-state index contributed by atoms with van der Waals surface area (Å²) < 4.78 is 1.71. The molecule has 0 atom stereocenters. The van der Waals surface area contributed by atoms with Crippen LogP contribution in [0.15, 0.2) is 29.3 Å². The number of hydrogen-bond acceptors (Lipinski definition) is 4. The SMILES string of the molecule is Cc1cnc(NC(=O)c2c(C)ccn(C3CCNCC3)c2=O)c(C)c1.Cl.Cl. The van der Waals surface area contributed by atoms with Crippen LogP contribution >= 0.6 is 24.8 Å². The van der Waals surface area contributed by atoms with E-state index >= 15 is 0 Å². The first kappa shape index (κ1) is 23.1. The van der Waals surface area contributed by atoms with Gasteiger partial charge in [-0.2, -0.15) is 0 Å². The van der Waals surface area contributed by atoms with Crippen molar-refractivity contribution in [1.82, 2.24) is 14.9 Å². The van der Waals surface area contributed by atoms with Crippen LogP contribution in [0.3, 0.4) is 0 Å². The predicted octanol–water partition coefficient (Wildman–Crippen LogP) is 3.19. The number of piperidine rings is 1. The van der Waals surface area contributed by atoms with Gasteiger partial charge in [-0.25, -0.2) is 4.98 Å². The van der Waals surface area contributed by atoms with Crippen molar-refractivity contribution in [3.05, 3.63) is 57.1 Å². The van der Waals surface area contributed by atoms with E-state index in [-0.39, 0.29) is 42.0 Å². The third kappa shape index (κ3) is 5.09. The Bertz CT molecular complexity index is 861. The summed E-state index contributed by atoms with van der Waals surface area (Å²) in [6.45, 7) is 7.40. The van der Waals surface area contributed by atoms with Crippen molar-refractivity contribution >= 4 is 36.5 Å². The number of amides is 1. The Morgan fingerprint density at radius 1 is 1.19 bits per heavy atom. The molecule has 27 heavy (non-hydrogen) atoms. The predicted molar refractivity (Wildman–Crippen MR) is 113 cm³/mol. The van der Waals surface area contributed by atoms with Crippen molar-refractivity contribution in [3.8, 4) is 0 Å². The molecule has 2 aromatic heterocycles. The van der Waals surface area contributed by atoms with Gasteiger partial charge in [-0.1, -0.05) is 6.07 Å². The fraction of sp³-hybridized carbons (Fsp3) is 0.421. The summed E-state index contributed by atoms with van der Waals surface area (Å²) >= 11 is 0. The average Bonchev–Trinajstić information content (AvgIpc) is 2.58. The van der Waals surface area contributed by atoms with Crippen LogP contribution in [0.4, 0.5) is 5.82 Å². The summed E-state index contributed by atoms with van der Waals surface area (Å²) in [6.07, 6.45) is 5.29. The molecule has 6 nitrogen and oxygen atoms in total. The molecule has 1 saturated heterocycles. The molecule has 0 aliphatic carbocycles. The van der Waals surface area contributed by atoms with E-state index in [0.29, 0.717) is 11.4 Å². The number of rotatable bonds is 3. The standard InChI is InChI=1S/C19H24N4O2.2ClH/c1-12-10-14(3)17(21-11-12)22-18(24)16-13(2)6-9-23(19(16)25)15-4-7-20-8-5-15;;/h6,9-11,15,20H,4-5,7-8H2,1-3H3,(H,21,22,24);2*1H. The zero-order valence-electron chi connectivity index (χ0n) is 15.7. The van der Waals surface area contributed by atoms with Gasteiger partial charge in [0.1, 0.15) is 11.4 Å². The van der Waals surface area contributed by atoms with Gasteiger partial charge in [-0.05, 0) is 69.5 Å². The van der Waals surface area contributed by atoms with Gasteiger partial charge >= 0.3 is 0 Å². The second-order valence-electron chi connectivity index (χ2n) is 6.70. The maximum atomic E-state index is 12.9. The van der Waals surface area contributed by atoms with Gasteiger partial charge in [0.15, 0.2) is 0 Å². The van der Waals surface area contributed by atoms with E-state index in [1.165, 1.54) is 0 Å². The van der Waals surface area contributed by atoms with Crippen LogP contribution in [0.5, 0.6) is 0 Å². The number of anilines is 1. The zero-order valence-corrected chi connectivity index (χ0v) is 17.4. The number of pyridine rings is 2. The average molecular weight is 413 g/mol. The fourth-order valence-electron chi connectivity index (χ4n) is 3.31. The Kier molecular flexibility index (Phi) is 8.47. The molecule has 0 bridgehead atoms. The summed E-state index contributed by atoms with van der Waals surface area (Å²) in [6, 6.07) is 3.93. The number of aromatic nitrogens is 2. The summed E-state index contributed by atoms with van der Waals surface area (Å²) in [4.78, 5) is 29.9. The van der Waals surface area contributed by atoms with Crippen LogP contribution in [-0.4, -0.2) is 28.5 Å². The lowest BCUT2D eigenvalue weighted by atomic mass is 10.0. The number of halogens is 2. The van der Waals surface area contributed by atoms with Crippen molar-refractivity contribution < 1.29 is 4.79 Å². The van der Waals surface area contributed by atoms with Crippen molar-refractivity contribution in [2.75, 3.05) is 18.4 Å². The molecular weight excluding hydrogens is 387 g/mol. The minimum Gasteiger partial charge on any atom is -0.317 e. The van der Waals surface area contributed by atoms with E-state index in [1.54, 1.807) is 23.9 Å². The number of aryl methyl sites for hydroxylation is 3. The lowest BCUT2D eigenvalue weighted by Crippen LogP contribution is -2.37. The van der Waals surface area contributed by atoms with E-state index < -0.39 is 5.91 Å². The molecule has 1 fully saturated rings. The lowest BCUT2D eigenvalue weighted by Gasteiger charge is -2.25. The third-order valence-corrected chi connectivity index (χ3v) is 4.70. The van der Waals surface area contributed by atoms with Gasteiger partial charge in [0.05, 0.1) is 0 Å². The van der Waals surface area contributed by atoms with E-state index in [0.717, 1.165) is 37.1 Å². The topological polar surface area (TPSA) is 76.0 Å². The summed E-state index contributed by atoms with van der Waals surface area (Å²) in [5.41, 5.74) is 2.55. The minimum absolute atomic E-state index is 0. The first-order valence-electron chi connectivity index (χ1n) is 8.64. The second-order valence-corrected chi connectivity index (χ2v) is 6.70. The van der Waals surface area contributed by atoms with Crippen LogP contribution in [0, 0.1) is 20.8 Å². The molecule has 3 heterocycles. The molecule has 3 rings (SSSR count). The largest absolute Gasteiger partial charge is 0.317 e. The van der Waals surface area contributed by atoms with E-state index in [4.69, 9.17) is 0 Å². The van der Waals surface area contributed by atoms with Crippen molar-refractivity contribution in [2.45, 2.75) is 39.7 Å². The molecule has 0 radical (unpaired) electrons. The van der Waals surface area contributed by atoms with Crippen molar-refractivity contribution in [2.24, 2.45) is 0 Å². The van der Waals surface area contributed by atoms with E-state index in [2.05, 4.69) is 15.6 Å². The summed E-state index contributed by atoms with van der Waals surface area (Å²) in [5, 5.41) is 6.08. The van der Waals surface area contributed by atoms with Gasteiger partial charge in [-0.3, -0.25) is 9.59 Å². The quantitative estimate of drug-likeness (QED) is 0.811. The van der Waals surface area contributed by atoms with Gasteiger partial charge < -0.3 is 15.2 Å². The molecule has 148 valence electrons. The van der Waals surface area contributed by atoms with Gasteiger partial charge in [-0.15, -0.1) is 24.8 Å². The molecule has 0 unspecified atom stereocenters. The molecule has 1 aliphatic heterocycles. The van der Waals surface area contributed by atoms with Gasteiger partial charge in [0.2, 0.25) is 0 Å². The maximum absolute atomic E-state index is 12.9. The van der Waals surface area contributed by atoms with E-state index in [9.17, 15) is 9.59 Å². The first-order chi connectivity index (χ1) is 12.0. The highest BCUT2D eigenvalue weighted by Gasteiger charge is 2.21. The molecule has 2 N–H and O–H groups in total. The number of carbonyl (C=O) groups excluding carboxylic acids is 1. The van der Waals surface area contributed by atoms with E-state index in [1.807, 2.05) is 26.0 Å². The second kappa shape index (κ2) is 9.88. The van der Waals surface area contributed by atoms with Crippen LogP contribution in [-0.2, 0) is 0 Å². The van der Waals surface area contributed by atoms with Gasteiger partial charge in [0.25, 0.3) is 11.5 Å². The molecule has 1 aliphatic rings. The van der Waals surface area contributed by atoms with Crippen LogP contribution in [0.25, 0.3) is 0 Å². The first-order valence-corrected chi connectivity index (χ1v) is 8.64.